The highest BCUT2D eigenvalue weighted by Gasteiger charge is 2.41. The Morgan fingerprint density at radius 3 is 2.52 bits per heavy atom. The Morgan fingerprint density at radius 2 is 1.92 bits per heavy atom. The fourth-order valence-electron chi connectivity index (χ4n) is 3.32. The maximum Gasteiger partial charge on any atom is 0.513 e. The summed E-state index contributed by atoms with van der Waals surface area (Å²) in [5.41, 5.74) is 0.417. The number of amides is 2. The number of carbonyl (C=O) groups is 2. The molecule has 25 heavy (non-hydrogen) atoms. The number of benzene rings is 1. The monoisotopic (exact) mass is 349 g/mol. The van der Waals surface area contributed by atoms with E-state index in [0.717, 1.165) is 24.8 Å². The number of ether oxygens (including phenoxy) is 1. The minimum Gasteiger partial charge on any atom is -0.444 e. The van der Waals surface area contributed by atoms with Gasteiger partial charge in [-0.05, 0) is 40.0 Å². The van der Waals surface area contributed by atoms with Crippen LogP contribution in [0.15, 0.2) is 30.3 Å². The van der Waals surface area contributed by atoms with E-state index in [4.69, 9.17) is 4.74 Å². The number of hydrogen-bond acceptors (Lipinski definition) is 3. The zero-order valence-corrected chi connectivity index (χ0v) is 15.3. The van der Waals surface area contributed by atoms with E-state index in [2.05, 4.69) is 5.32 Å². The standard InChI is InChI=1S/C19H28N2O4/c1-19(2,3)25-17(22)20-16-11-7-8-12-21(14-16,18(23)24)13-15-9-5-4-6-10-15/h4-6,9-10,16H,7-8,11-14H2,1-3H3,(H-,20,22,23,24)/p+1/t16-,21?/m0/s1. The van der Waals surface area contributed by atoms with Gasteiger partial charge in [-0.25, -0.2) is 9.28 Å². The molecule has 2 rings (SSSR count). The fourth-order valence-corrected chi connectivity index (χ4v) is 3.32. The highest BCUT2D eigenvalue weighted by molar-refractivity contribution is 5.68. The first-order valence-corrected chi connectivity index (χ1v) is 8.83. The average molecular weight is 349 g/mol. The van der Waals surface area contributed by atoms with E-state index in [1.807, 2.05) is 51.1 Å². The first-order valence-electron chi connectivity index (χ1n) is 8.83. The Balaban J connectivity index is 2.13. The molecular weight excluding hydrogens is 320 g/mol. The van der Waals surface area contributed by atoms with Crippen LogP contribution in [-0.2, 0) is 11.3 Å². The smallest absolute Gasteiger partial charge is 0.444 e. The molecule has 1 aliphatic rings. The van der Waals surface area contributed by atoms with Crippen molar-refractivity contribution in [2.24, 2.45) is 0 Å². The zero-order valence-electron chi connectivity index (χ0n) is 15.3. The minimum atomic E-state index is -0.846. The van der Waals surface area contributed by atoms with Gasteiger partial charge < -0.3 is 15.2 Å². The lowest BCUT2D eigenvalue weighted by Crippen LogP contribution is -2.57. The van der Waals surface area contributed by atoms with E-state index >= 15 is 0 Å². The lowest BCUT2D eigenvalue weighted by Gasteiger charge is -2.34. The Bertz CT molecular complexity index is 597. The van der Waals surface area contributed by atoms with Crippen LogP contribution in [0.1, 0.15) is 45.6 Å². The molecule has 1 unspecified atom stereocenters. The lowest BCUT2D eigenvalue weighted by atomic mass is 10.1. The van der Waals surface area contributed by atoms with Gasteiger partial charge in [-0.2, -0.15) is 4.79 Å². The molecule has 138 valence electrons. The molecule has 0 radical (unpaired) electrons. The van der Waals surface area contributed by atoms with Crippen LogP contribution in [0.5, 0.6) is 0 Å². The second-order valence-electron chi connectivity index (χ2n) is 7.82. The Kier molecular flexibility index (Phi) is 6.06. The van der Waals surface area contributed by atoms with Crippen LogP contribution >= 0.6 is 0 Å². The molecule has 1 aliphatic heterocycles. The number of hydrogen-bond donors (Lipinski definition) is 2. The second kappa shape index (κ2) is 7.87. The van der Waals surface area contributed by atoms with Gasteiger partial charge in [-0.3, -0.25) is 0 Å². The first kappa shape index (κ1) is 19.2. The molecule has 0 aliphatic carbocycles. The summed E-state index contributed by atoms with van der Waals surface area (Å²) in [6.45, 7) is 6.79. The number of rotatable bonds is 3. The number of carboxylic acid groups (broad SMARTS) is 1. The van der Waals surface area contributed by atoms with E-state index in [0.29, 0.717) is 19.6 Å². The number of nitrogens with one attached hydrogen (secondary N) is 1. The largest absolute Gasteiger partial charge is 0.513 e. The van der Waals surface area contributed by atoms with Crippen molar-refractivity contribution in [1.29, 1.82) is 0 Å². The molecule has 1 fully saturated rings. The van der Waals surface area contributed by atoms with Crippen LogP contribution in [-0.4, -0.2) is 46.5 Å². The van der Waals surface area contributed by atoms with Gasteiger partial charge in [0.25, 0.3) is 0 Å². The summed E-state index contributed by atoms with van der Waals surface area (Å²) < 4.78 is 5.26. The van der Waals surface area contributed by atoms with Crippen LogP contribution in [0.25, 0.3) is 0 Å². The molecule has 1 saturated heterocycles. The van der Waals surface area contributed by atoms with E-state index < -0.39 is 17.8 Å². The summed E-state index contributed by atoms with van der Waals surface area (Å²) in [6.07, 6.45) is 1.15. The summed E-state index contributed by atoms with van der Waals surface area (Å²) in [5.74, 6) is 0. The molecule has 0 aromatic heterocycles. The van der Waals surface area contributed by atoms with Crippen LogP contribution in [0, 0.1) is 0 Å². The Hall–Kier alpha value is -2.08. The SMILES string of the molecule is CC(C)(C)OC(=O)N[C@H]1CCCC[N+](Cc2ccccc2)(C(=O)O)C1. The average Bonchev–Trinajstić information content (AvgIpc) is 2.69. The van der Waals surface area contributed by atoms with Crippen LogP contribution in [0.4, 0.5) is 9.59 Å². The number of carbonyl (C=O) groups excluding carboxylic acids is 1. The third kappa shape index (κ3) is 5.74. The molecule has 2 atom stereocenters. The van der Waals surface area contributed by atoms with E-state index in [1.54, 1.807) is 0 Å². The minimum absolute atomic E-state index is 0.0650. The van der Waals surface area contributed by atoms with Crippen LogP contribution < -0.4 is 5.32 Å². The van der Waals surface area contributed by atoms with E-state index in [1.165, 1.54) is 0 Å². The van der Waals surface area contributed by atoms with Gasteiger partial charge in [0.1, 0.15) is 18.7 Å². The summed E-state index contributed by atoms with van der Waals surface area (Å²) in [6, 6.07) is 9.44. The third-order valence-electron chi connectivity index (χ3n) is 4.41. The second-order valence-corrected chi connectivity index (χ2v) is 7.82. The molecule has 6 heteroatoms. The molecule has 0 bridgehead atoms. The van der Waals surface area contributed by atoms with Crippen molar-refractivity contribution < 1.29 is 23.9 Å². The summed E-state index contributed by atoms with van der Waals surface area (Å²) in [5, 5.41) is 12.8. The lowest BCUT2D eigenvalue weighted by molar-refractivity contribution is -0.870. The quantitative estimate of drug-likeness (QED) is 0.815. The Morgan fingerprint density at radius 1 is 1.24 bits per heavy atom. The van der Waals surface area contributed by atoms with Gasteiger partial charge >= 0.3 is 12.2 Å². The third-order valence-corrected chi connectivity index (χ3v) is 4.41. The normalized spacial score (nSPS) is 24.2. The first-order chi connectivity index (χ1) is 11.7. The molecule has 1 aromatic carbocycles. The predicted molar refractivity (Wildman–Crippen MR) is 95.2 cm³/mol. The fraction of sp³-hybridized carbons (Fsp3) is 0.579. The van der Waals surface area contributed by atoms with Crippen molar-refractivity contribution in [2.45, 2.75) is 58.2 Å². The molecule has 6 nitrogen and oxygen atoms in total. The molecule has 0 saturated carbocycles. The highest BCUT2D eigenvalue weighted by atomic mass is 16.6. The number of quaternary nitrogens is 1. The summed E-state index contributed by atoms with van der Waals surface area (Å²) in [4.78, 5) is 24.2. The van der Waals surface area contributed by atoms with Gasteiger partial charge in [0.2, 0.25) is 0 Å². The van der Waals surface area contributed by atoms with Crippen molar-refractivity contribution in [3.05, 3.63) is 35.9 Å². The van der Waals surface area contributed by atoms with Crippen molar-refractivity contribution in [3.8, 4) is 0 Å². The van der Waals surface area contributed by atoms with Gasteiger partial charge in [0.05, 0.1) is 12.6 Å². The van der Waals surface area contributed by atoms with Gasteiger partial charge in [-0.1, -0.05) is 30.3 Å². The molecule has 2 amide bonds. The zero-order chi connectivity index (χ0) is 18.5. The molecule has 2 N–H and O–H groups in total. The van der Waals surface area contributed by atoms with Crippen molar-refractivity contribution in [3.63, 3.8) is 0 Å². The van der Waals surface area contributed by atoms with Crippen molar-refractivity contribution >= 4 is 12.2 Å². The summed E-state index contributed by atoms with van der Waals surface area (Å²) in [7, 11) is 0. The van der Waals surface area contributed by atoms with Crippen molar-refractivity contribution in [2.75, 3.05) is 13.1 Å². The number of likely N-dealkylation sites (tertiary alicyclic amines) is 1. The highest BCUT2D eigenvalue weighted by Crippen LogP contribution is 2.23. The maximum absolute atomic E-state index is 12.1. The van der Waals surface area contributed by atoms with Gasteiger partial charge in [-0.15, -0.1) is 0 Å². The van der Waals surface area contributed by atoms with Crippen LogP contribution in [0.3, 0.4) is 0 Å². The molecule has 0 spiro atoms. The predicted octanol–water partition coefficient (Wildman–Crippen LogP) is 3.76. The number of nitrogens with zero attached hydrogens (tertiary/aromatic N) is 1. The van der Waals surface area contributed by atoms with Crippen LogP contribution in [0.2, 0.25) is 0 Å². The molecule has 1 heterocycles. The topological polar surface area (TPSA) is 75.6 Å². The Labute approximate surface area is 149 Å². The molecule has 1 aromatic rings. The number of alkyl carbamates (subject to hydrolysis) is 1. The van der Waals surface area contributed by atoms with Gasteiger partial charge in [0, 0.05) is 5.56 Å². The van der Waals surface area contributed by atoms with Gasteiger partial charge in [0.15, 0.2) is 0 Å². The van der Waals surface area contributed by atoms with E-state index in [-0.39, 0.29) is 10.5 Å². The maximum atomic E-state index is 12.1. The van der Waals surface area contributed by atoms with E-state index in [9.17, 15) is 14.7 Å². The van der Waals surface area contributed by atoms with Crippen molar-refractivity contribution in [1.82, 2.24) is 5.32 Å². The molecular formula is C19H29N2O4+. The summed E-state index contributed by atoms with van der Waals surface area (Å²) >= 11 is 0.